The first-order chi connectivity index (χ1) is 12.5. The van der Waals surface area contributed by atoms with E-state index in [0.717, 1.165) is 11.6 Å². The zero-order valence-corrected chi connectivity index (χ0v) is 13.6. The number of nitrogens with zero attached hydrogens (tertiary/aromatic N) is 1. The van der Waals surface area contributed by atoms with Crippen molar-refractivity contribution in [3.8, 4) is 17.6 Å². The number of aromatic hydroxyl groups is 1. The third-order valence-electron chi connectivity index (χ3n) is 3.22. The van der Waals surface area contributed by atoms with Gasteiger partial charge in [-0.05, 0) is 5.56 Å². The van der Waals surface area contributed by atoms with Crippen molar-refractivity contribution in [1.82, 2.24) is 5.32 Å². The fourth-order valence-electron chi connectivity index (χ4n) is 1.95. The summed E-state index contributed by atoms with van der Waals surface area (Å²) in [4.78, 5) is 21.4. The summed E-state index contributed by atoms with van der Waals surface area (Å²) < 4.78 is 18.6. The number of alkyl carbamates (subject to hydrolysis) is 1. The quantitative estimate of drug-likeness (QED) is 0.370. The summed E-state index contributed by atoms with van der Waals surface area (Å²) in [5.41, 5.74) is 0.0197. The van der Waals surface area contributed by atoms with Gasteiger partial charge in [-0.3, -0.25) is 10.1 Å². The zero-order chi connectivity index (χ0) is 18.9. The van der Waals surface area contributed by atoms with Crippen LogP contribution in [0.2, 0.25) is 0 Å². The summed E-state index contributed by atoms with van der Waals surface area (Å²) in [5.74, 6) is 3.40. The summed E-state index contributed by atoms with van der Waals surface area (Å²) in [7, 11) is 0. The molecule has 7 nitrogen and oxygen atoms in total. The minimum atomic E-state index is -0.865. The van der Waals surface area contributed by atoms with Gasteiger partial charge in [0.2, 0.25) is 0 Å². The van der Waals surface area contributed by atoms with Crippen LogP contribution in [-0.4, -0.2) is 22.7 Å². The Labute approximate surface area is 148 Å². The Kier molecular flexibility index (Phi) is 6.51. The second-order valence-corrected chi connectivity index (χ2v) is 5.12. The molecule has 0 aliphatic heterocycles. The SMILES string of the molecule is O=C(NCCC#Cc1cc([N+](=O)[O-])c(O)cc1F)OCc1ccccc1. The lowest BCUT2D eigenvalue weighted by molar-refractivity contribution is -0.385. The summed E-state index contributed by atoms with van der Waals surface area (Å²) >= 11 is 0. The highest BCUT2D eigenvalue weighted by Gasteiger charge is 2.16. The van der Waals surface area contributed by atoms with Crippen LogP contribution >= 0.6 is 0 Å². The van der Waals surface area contributed by atoms with Gasteiger partial charge in [0.05, 0.1) is 10.5 Å². The molecular formula is C18H15FN2O5. The molecule has 0 atom stereocenters. The minimum absolute atomic E-state index is 0.140. The summed E-state index contributed by atoms with van der Waals surface area (Å²) in [6.45, 7) is 0.309. The van der Waals surface area contributed by atoms with Crippen molar-refractivity contribution in [3.05, 3.63) is 69.5 Å². The first kappa shape index (κ1) is 18.7. The van der Waals surface area contributed by atoms with Crippen LogP contribution < -0.4 is 5.32 Å². The Hall–Kier alpha value is -3.60. The van der Waals surface area contributed by atoms with Crippen LogP contribution in [0.1, 0.15) is 17.5 Å². The van der Waals surface area contributed by atoms with Crippen molar-refractivity contribution in [2.45, 2.75) is 13.0 Å². The molecule has 0 aliphatic rings. The lowest BCUT2D eigenvalue weighted by Crippen LogP contribution is -2.24. The number of hydrogen-bond donors (Lipinski definition) is 2. The number of phenolic OH excluding ortho intramolecular Hbond substituents is 1. The van der Waals surface area contributed by atoms with Crippen molar-refractivity contribution < 1.29 is 24.0 Å². The van der Waals surface area contributed by atoms with Crippen LogP contribution in [0.4, 0.5) is 14.9 Å². The van der Waals surface area contributed by atoms with Crippen LogP contribution in [-0.2, 0) is 11.3 Å². The van der Waals surface area contributed by atoms with Gasteiger partial charge in [0.25, 0.3) is 0 Å². The number of phenols is 1. The number of nitrogens with one attached hydrogen (secondary N) is 1. The van der Waals surface area contributed by atoms with Gasteiger partial charge in [-0.1, -0.05) is 42.2 Å². The molecular weight excluding hydrogens is 343 g/mol. The van der Waals surface area contributed by atoms with E-state index in [1.807, 2.05) is 30.3 Å². The lowest BCUT2D eigenvalue weighted by Gasteiger charge is -2.05. The maximum absolute atomic E-state index is 13.6. The molecule has 0 heterocycles. The fraction of sp³-hybridized carbons (Fsp3) is 0.167. The highest BCUT2D eigenvalue weighted by atomic mass is 19.1. The van der Waals surface area contributed by atoms with Gasteiger partial charge >= 0.3 is 11.8 Å². The Bertz CT molecular complexity index is 859. The molecule has 0 radical (unpaired) electrons. The van der Waals surface area contributed by atoms with Crippen molar-refractivity contribution in [3.63, 3.8) is 0 Å². The maximum atomic E-state index is 13.6. The maximum Gasteiger partial charge on any atom is 0.407 e. The zero-order valence-electron chi connectivity index (χ0n) is 13.6. The van der Waals surface area contributed by atoms with Crippen LogP contribution in [0.3, 0.4) is 0 Å². The van der Waals surface area contributed by atoms with E-state index in [0.29, 0.717) is 6.07 Å². The van der Waals surface area contributed by atoms with E-state index in [-0.39, 0.29) is 25.1 Å². The van der Waals surface area contributed by atoms with E-state index in [4.69, 9.17) is 4.74 Å². The van der Waals surface area contributed by atoms with E-state index >= 15 is 0 Å². The van der Waals surface area contributed by atoms with Crippen LogP contribution in [0, 0.1) is 27.8 Å². The second kappa shape index (κ2) is 9.03. The van der Waals surface area contributed by atoms with E-state index in [2.05, 4.69) is 17.2 Å². The van der Waals surface area contributed by atoms with Crippen molar-refractivity contribution in [2.75, 3.05) is 6.54 Å². The van der Waals surface area contributed by atoms with E-state index in [1.54, 1.807) is 0 Å². The third-order valence-corrected chi connectivity index (χ3v) is 3.22. The van der Waals surface area contributed by atoms with Crippen LogP contribution in [0.25, 0.3) is 0 Å². The Morgan fingerprint density at radius 2 is 2.04 bits per heavy atom. The molecule has 0 fully saturated rings. The number of nitro groups is 1. The Morgan fingerprint density at radius 1 is 1.31 bits per heavy atom. The number of hydrogen-bond acceptors (Lipinski definition) is 5. The van der Waals surface area contributed by atoms with Crippen LogP contribution in [0.5, 0.6) is 5.75 Å². The van der Waals surface area contributed by atoms with Gasteiger partial charge in [-0.2, -0.15) is 0 Å². The average molecular weight is 358 g/mol. The monoisotopic (exact) mass is 358 g/mol. The van der Waals surface area contributed by atoms with E-state index in [9.17, 15) is 24.4 Å². The molecule has 0 unspecified atom stereocenters. The molecule has 0 aromatic heterocycles. The average Bonchev–Trinajstić information content (AvgIpc) is 2.61. The van der Waals surface area contributed by atoms with E-state index < -0.39 is 28.3 Å². The molecule has 0 aliphatic carbocycles. The summed E-state index contributed by atoms with van der Waals surface area (Å²) in [6, 6.07) is 10.7. The highest BCUT2D eigenvalue weighted by Crippen LogP contribution is 2.28. The van der Waals surface area contributed by atoms with Gasteiger partial charge in [-0.15, -0.1) is 0 Å². The first-order valence-electron chi connectivity index (χ1n) is 7.57. The first-order valence-corrected chi connectivity index (χ1v) is 7.57. The van der Waals surface area contributed by atoms with Gasteiger partial charge in [0.15, 0.2) is 5.75 Å². The molecule has 0 saturated heterocycles. The Balaban J connectivity index is 1.81. The molecule has 134 valence electrons. The lowest BCUT2D eigenvalue weighted by atomic mass is 10.1. The molecule has 0 saturated carbocycles. The molecule has 0 bridgehead atoms. The van der Waals surface area contributed by atoms with Crippen molar-refractivity contribution in [2.24, 2.45) is 0 Å². The molecule has 8 heteroatoms. The topological polar surface area (TPSA) is 102 Å². The van der Waals surface area contributed by atoms with Gasteiger partial charge in [0.1, 0.15) is 12.4 Å². The van der Waals surface area contributed by atoms with Crippen molar-refractivity contribution >= 4 is 11.8 Å². The molecule has 26 heavy (non-hydrogen) atoms. The largest absolute Gasteiger partial charge is 0.502 e. The fourth-order valence-corrected chi connectivity index (χ4v) is 1.95. The number of halogens is 1. The Morgan fingerprint density at radius 3 is 2.73 bits per heavy atom. The predicted molar refractivity (Wildman–Crippen MR) is 90.8 cm³/mol. The number of carbonyl (C=O) groups excluding carboxylic acids is 1. The molecule has 0 spiro atoms. The van der Waals surface area contributed by atoms with Crippen molar-refractivity contribution in [1.29, 1.82) is 0 Å². The number of benzene rings is 2. The number of amides is 1. The van der Waals surface area contributed by atoms with Gasteiger partial charge < -0.3 is 15.2 Å². The van der Waals surface area contributed by atoms with Crippen LogP contribution in [0.15, 0.2) is 42.5 Å². The third kappa shape index (κ3) is 5.49. The number of nitro benzene ring substituents is 1. The van der Waals surface area contributed by atoms with Gasteiger partial charge in [0, 0.05) is 25.1 Å². The highest BCUT2D eigenvalue weighted by molar-refractivity contribution is 5.67. The molecule has 2 aromatic carbocycles. The van der Waals surface area contributed by atoms with E-state index in [1.165, 1.54) is 0 Å². The van der Waals surface area contributed by atoms with Gasteiger partial charge in [-0.25, -0.2) is 9.18 Å². The molecule has 2 aromatic rings. The molecule has 2 N–H and O–H groups in total. The summed E-state index contributed by atoms with van der Waals surface area (Å²) in [5, 5.41) is 22.5. The second-order valence-electron chi connectivity index (χ2n) is 5.12. The summed E-state index contributed by atoms with van der Waals surface area (Å²) in [6.07, 6.45) is -0.420. The standard InChI is InChI=1S/C18H15FN2O5/c19-15-11-17(22)16(21(24)25)10-14(15)8-4-5-9-20-18(23)26-12-13-6-2-1-3-7-13/h1-3,6-7,10-11,22H,5,9,12H2,(H,20,23). The molecule has 2 rings (SSSR count). The number of ether oxygens (including phenoxy) is 1. The molecule has 1 amide bonds. The number of carbonyl (C=O) groups is 1. The predicted octanol–water partition coefficient (Wildman–Crippen LogP) is 3.11. The minimum Gasteiger partial charge on any atom is -0.502 e. The smallest absolute Gasteiger partial charge is 0.407 e. The number of rotatable bonds is 5. The normalized spacial score (nSPS) is 9.73.